The number of rotatable bonds is 7. The minimum atomic E-state index is 0.408. The summed E-state index contributed by atoms with van der Waals surface area (Å²) in [6.07, 6.45) is 3.08. The van der Waals surface area contributed by atoms with Gasteiger partial charge in [0.2, 0.25) is 0 Å². The Morgan fingerprint density at radius 2 is 1.79 bits per heavy atom. The molecule has 0 atom stereocenters. The van der Waals surface area contributed by atoms with E-state index in [1.807, 2.05) is 0 Å². The third-order valence-corrected chi connectivity index (χ3v) is 3.93. The van der Waals surface area contributed by atoms with Gasteiger partial charge in [-0.25, -0.2) is 0 Å². The fourth-order valence-electron chi connectivity index (χ4n) is 2.19. The van der Waals surface area contributed by atoms with Gasteiger partial charge in [-0.1, -0.05) is 13.8 Å². The topological polar surface area (TPSA) is 44.5 Å². The van der Waals surface area contributed by atoms with E-state index in [4.69, 9.17) is 15.2 Å². The minimum absolute atomic E-state index is 0.408. The Morgan fingerprint density at radius 3 is 2.26 bits per heavy atom. The Balaban J connectivity index is 3.21. The van der Waals surface area contributed by atoms with Crippen molar-refractivity contribution in [1.29, 1.82) is 0 Å². The Morgan fingerprint density at radius 1 is 1.16 bits per heavy atom. The number of ether oxygens (including phenoxy) is 2. The Labute approximate surface area is 124 Å². The van der Waals surface area contributed by atoms with Crippen LogP contribution in [0.4, 0.5) is 0 Å². The van der Waals surface area contributed by atoms with Crippen LogP contribution < -0.4 is 15.2 Å². The summed E-state index contributed by atoms with van der Waals surface area (Å²) in [6, 6.07) is 2.20. The van der Waals surface area contributed by atoms with E-state index < -0.39 is 0 Å². The molecule has 0 aromatic heterocycles. The molecule has 0 amide bonds. The maximum atomic E-state index is 5.56. The van der Waals surface area contributed by atoms with Crippen LogP contribution in [0.3, 0.4) is 0 Å². The van der Waals surface area contributed by atoms with Crippen LogP contribution in [0, 0.1) is 0 Å². The van der Waals surface area contributed by atoms with Gasteiger partial charge in [0.15, 0.2) is 0 Å². The van der Waals surface area contributed by atoms with Gasteiger partial charge in [-0.2, -0.15) is 0 Å². The number of benzene rings is 1. The summed E-state index contributed by atoms with van der Waals surface area (Å²) in [5, 5.41) is 0. The van der Waals surface area contributed by atoms with E-state index >= 15 is 0 Å². The molecule has 4 heteroatoms. The van der Waals surface area contributed by atoms with Gasteiger partial charge in [0.25, 0.3) is 0 Å². The van der Waals surface area contributed by atoms with E-state index in [1.54, 1.807) is 14.2 Å². The molecule has 0 bridgehead atoms. The standard InChI is InChI=1S/C15H24BrNO2/c1-10(2)12-9-11(7-5-6-8-17)14(18-3)13(16)15(12)19-4/h9-10H,5-8,17H2,1-4H3. The number of nitrogens with two attached hydrogens (primary N) is 1. The van der Waals surface area contributed by atoms with Gasteiger partial charge < -0.3 is 15.2 Å². The van der Waals surface area contributed by atoms with Crippen LogP contribution in [0.15, 0.2) is 10.5 Å². The lowest BCUT2D eigenvalue weighted by atomic mass is 9.96. The van der Waals surface area contributed by atoms with E-state index in [-0.39, 0.29) is 0 Å². The molecule has 0 aliphatic heterocycles. The van der Waals surface area contributed by atoms with E-state index in [0.29, 0.717) is 5.92 Å². The smallest absolute Gasteiger partial charge is 0.140 e. The molecule has 0 saturated carbocycles. The number of unbranched alkanes of at least 4 members (excludes halogenated alkanes) is 1. The van der Waals surface area contributed by atoms with Crippen molar-refractivity contribution < 1.29 is 9.47 Å². The average Bonchev–Trinajstić information content (AvgIpc) is 2.38. The van der Waals surface area contributed by atoms with Crippen LogP contribution in [0.2, 0.25) is 0 Å². The van der Waals surface area contributed by atoms with Gasteiger partial charge in [-0.15, -0.1) is 0 Å². The van der Waals surface area contributed by atoms with Crippen molar-refractivity contribution >= 4 is 15.9 Å². The van der Waals surface area contributed by atoms with Gasteiger partial charge in [-0.05, 0) is 64.8 Å². The first kappa shape index (κ1) is 16.3. The van der Waals surface area contributed by atoms with Gasteiger partial charge in [0.1, 0.15) is 16.0 Å². The zero-order valence-electron chi connectivity index (χ0n) is 12.3. The fourth-order valence-corrected chi connectivity index (χ4v) is 3.00. The highest BCUT2D eigenvalue weighted by Crippen LogP contribution is 2.43. The lowest BCUT2D eigenvalue weighted by molar-refractivity contribution is 0.381. The predicted molar refractivity (Wildman–Crippen MR) is 83.3 cm³/mol. The summed E-state index contributed by atoms with van der Waals surface area (Å²) >= 11 is 3.61. The first-order valence-corrected chi connectivity index (χ1v) is 7.49. The molecule has 0 unspecified atom stereocenters. The second-order valence-corrected chi connectivity index (χ2v) is 5.70. The van der Waals surface area contributed by atoms with Crippen LogP contribution in [0.5, 0.6) is 11.5 Å². The molecule has 3 nitrogen and oxygen atoms in total. The predicted octanol–water partition coefficient (Wildman–Crippen LogP) is 3.87. The van der Waals surface area contributed by atoms with Crippen LogP contribution in [0.1, 0.15) is 43.7 Å². The molecule has 0 aliphatic carbocycles. The van der Waals surface area contributed by atoms with Gasteiger partial charge in [0, 0.05) is 0 Å². The van der Waals surface area contributed by atoms with Crippen molar-refractivity contribution in [3.05, 3.63) is 21.7 Å². The number of aryl methyl sites for hydroxylation is 1. The van der Waals surface area contributed by atoms with Gasteiger partial charge >= 0.3 is 0 Å². The molecule has 0 aliphatic rings. The average molecular weight is 330 g/mol. The molecule has 1 aromatic carbocycles. The number of hydrogen-bond acceptors (Lipinski definition) is 3. The molecule has 2 N–H and O–H groups in total. The second kappa shape index (κ2) is 7.75. The Bertz CT molecular complexity index is 419. The second-order valence-electron chi connectivity index (χ2n) is 4.91. The van der Waals surface area contributed by atoms with Crippen LogP contribution in [-0.4, -0.2) is 20.8 Å². The minimum Gasteiger partial charge on any atom is -0.495 e. The fraction of sp³-hybridized carbons (Fsp3) is 0.600. The molecular weight excluding hydrogens is 306 g/mol. The van der Waals surface area contributed by atoms with E-state index in [0.717, 1.165) is 41.8 Å². The van der Waals surface area contributed by atoms with Crippen molar-refractivity contribution in [2.45, 2.75) is 39.0 Å². The molecule has 19 heavy (non-hydrogen) atoms. The number of methoxy groups -OCH3 is 2. The molecule has 108 valence electrons. The first-order valence-electron chi connectivity index (χ1n) is 6.70. The molecule has 1 rings (SSSR count). The summed E-state index contributed by atoms with van der Waals surface area (Å²) in [5.74, 6) is 2.15. The lowest BCUT2D eigenvalue weighted by Crippen LogP contribution is -2.03. The van der Waals surface area contributed by atoms with Crippen molar-refractivity contribution in [3.63, 3.8) is 0 Å². The Hall–Kier alpha value is -0.740. The summed E-state index contributed by atoms with van der Waals surface area (Å²) in [6.45, 7) is 5.07. The zero-order valence-corrected chi connectivity index (χ0v) is 13.8. The molecule has 0 heterocycles. The number of halogens is 1. The van der Waals surface area contributed by atoms with Crippen molar-refractivity contribution in [1.82, 2.24) is 0 Å². The van der Waals surface area contributed by atoms with Gasteiger partial charge in [-0.3, -0.25) is 0 Å². The largest absolute Gasteiger partial charge is 0.495 e. The normalized spacial score (nSPS) is 10.9. The van der Waals surface area contributed by atoms with E-state index in [1.165, 1.54) is 11.1 Å². The number of hydrogen-bond donors (Lipinski definition) is 1. The monoisotopic (exact) mass is 329 g/mol. The summed E-state index contributed by atoms with van der Waals surface area (Å²) < 4.78 is 11.9. The third-order valence-electron chi connectivity index (χ3n) is 3.21. The highest BCUT2D eigenvalue weighted by molar-refractivity contribution is 9.10. The first-order chi connectivity index (χ1) is 9.06. The Kier molecular flexibility index (Phi) is 6.66. The molecular formula is C15H24BrNO2. The zero-order chi connectivity index (χ0) is 14.4. The third kappa shape index (κ3) is 3.86. The molecule has 0 saturated heterocycles. The maximum Gasteiger partial charge on any atom is 0.140 e. The molecule has 0 radical (unpaired) electrons. The van der Waals surface area contributed by atoms with Crippen molar-refractivity contribution in [2.75, 3.05) is 20.8 Å². The highest BCUT2D eigenvalue weighted by atomic mass is 79.9. The molecule has 0 spiro atoms. The quantitative estimate of drug-likeness (QED) is 0.772. The molecule has 1 aromatic rings. The maximum absolute atomic E-state index is 5.56. The summed E-state index contributed by atoms with van der Waals surface area (Å²) in [5.41, 5.74) is 7.98. The summed E-state index contributed by atoms with van der Waals surface area (Å²) in [7, 11) is 3.39. The van der Waals surface area contributed by atoms with Crippen molar-refractivity contribution in [2.24, 2.45) is 5.73 Å². The van der Waals surface area contributed by atoms with Crippen LogP contribution in [-0.2, 0) is 6.42 Å². The van der Waals surface area contributed by atoms with Crippen molar-refractivity contribution in [3.8, 4) is 11.5 Å². The lowest BCUT2D eigenvalue weighted by Gasteiger charge is -2.19. The summed E-state index contributed by atoms with van der Waals surface area (Å²) in [4.78, 5) is 0. The SMILES string of the molecule is COc1c(CCCCN)cc(C(C)C)c(OC)c1Br. The van der Waals surface area contributed by atoms with E-state index in [9.17, 15) is 0 Å². The highest BCUT2D eigenvalue weighted by Gasteiger charge is 2.19. The molecule has 0 fully saturated rings. The van der Waals surface area contributed by atoms with Gasteiger partial charge in [0.05, 0.1) is 14.2 Å². The van der Waals surface area contributed by atoms with E-state index in [2.05, 4.69) is 35.8 Å². The van der Waals surface area contributed by atoms with Crippen LogP contribution in [0.25, 0.3) is 0 Å². The van der Waals surface area contributed by atoms with Crippen LogP contribution >= 0.6 is 15.9 Å².